The molecule has 1 aliphatic carbocycles. The van der Waals surface area contributed by atoms with Gasteiger partial charge in [0.2, 0.25) is 5.91 Å². The van der Waals surface area contributed by atoms with Crippen LogP contribution in [0.2, 0.25) is 0 Å². The molecule has 1 amide bonds. The number of carbonyl (C=O) groups excluding carboxylic acids is 1. The van der Waals surface area contributed by atoms with E-state index in [-0.39, 0.29) is 17.6 Å². The van der Waals surface area contributed by atoms with E-state index in [1.165, 1.54) is 19.3 Å². The smallest absolute Gasteiger partial charge is 0.253 e. The molecule has 0 saturated heterocycles. The van der Waals surface area contributed by atoms with Crippen molar-refractivity contribution in [3.8, 4) is 16.9 Å². The molecule has 0 atom stereocenters. The first kappa shape index (κ1) is 17.8. The topological polar surface area (TPSA) is 60.3 Å². The minimum atomic E-state index is 0.0163. The molecule has 0 bridgehead atoms. The predicted molar refractivity (Wildman–Crippen MR) is 106 cm³/mol. The maximum Gasteiger partial charge on any atom is 0.253 e. The third-order valence-corrected chi connectivity index (χ3v) is 5.61. The van der Waals surface area contributed by atoms with Crippen molar-refractivity contribution >= 4 is 11.6 Å². The molecule has 5 nitrogen and oxygen atoms in total. The van der Waals surface area contributed by atoms with Gasteiger partial charge < -0.3 is 14.6 Å². The number of fused-ring (bicyclic) bond motifs is 1. The number of hydrogen-bond acceptors (Lipinski definition) is 3. The Morgan fingerprint density at radius 1 is 1.04 bits per heavy atom. The van der Waals surface area contributed by atoms with Crippen LogP contribution in [0, 0.1) is 6.92 Å². The lowest BCUT2D eigenvalue weighted by Crippen LogP contribution is -2.24. The molecule has 4 rings (SSSR count). The molecule has 1 aromatic carbocycles. The molecule has 0 unspecified atom stereocenters. The van der Waals surface area contributed by atoms with Gasteiger partial charge in [0.1, 0.15) is 5.75 Å². The second kappa shape index (κ2) is 7.22. The van der Waals surface area contributed by atoms with E-state index in [0.717, 1.165) is 46.5 Å². The second-order valence-corrected chi connectivity index (χ2v) is 7.76. The van der Waals surface area contributed by atoms with Gasteiger partial charge in [-0.3, -0.25) is 9.59 Å². The van der Waals surface area contributed by atoms with Crippen LogP contribution in [0.15, 0.2) is 29.2 Å². The van der Waals surface area contributed by atoms with E-state index in [0.29, 0.717) is 12.8 Å². The molecule has 5 heteroatoms. The van der Waals surface area contributed by atoms with Crippen LogP contribution in [-0.4, -0.2) is 16.6 Å². The normalized spacial score (nSPS) is 17.3. The predicted octanol–water partition coefficient (Wildman–Crippen LogP) is 3.96. The largest absolute Gasteiger partial charge is 0.488 e. The maximum atomic E-state index is 12.0. The molecule has 0 spiro atoms. The third-order valence-electron chi connectivity index (χ3n) is 5.61. The lowest BCUT2D eigenvalue weighted by molar-refractivity contribution is -0.116. The first-order chi connectivity index (χ1) is 13.0. The molecule has 2 heterocycles. The van der Waals surface area contributed by atoms with Crippen LogP contribution in [0.25, 0.3) is 11.1 Å². The van der Waals surface area contributed by atoms with Crippen LogP contribution in [0.4, 0.5) is 5.69 Å². The number of ether oxygens (including phenoxy) is 1. The third kappa shape index (κ3) is 3.64. The summed E-state index contributed by atoms with van der Waals surface area (Å²) >= 11 is 0. The number of aromatic nitrogens is 1. The van der Waals surface area contributed by atoms with E-state index in [9.17, 15) is 9.59 Å². The minimum absolute atomic E-state index is 0.0163. The van der Waals surface area contributed by atoms with Gasteiger partial charge in [0.15, 0.2) is 0 Å². The number of hydrogen-bond donors (Lipinski definition) is 1. The molecule has 1 fully saturated rings. The molecule has 2 aromatic rings. The van der Waals surface area contributed by atoms with Gasteiger partial charge in [-0.2, -0.15) is 0 Å². The van der Waals surface area contributed by atoms with E-state index in [2.05, 4.69) is 11.4 Å². The molecule has 1 aromatic heterocycles. The quantitative estimate of drug-likeness (QED) is 0.894. The number of rotatable bonds is 3. The molecular formula is C22H26N2O3. The molecule has 2 aliphatic rings. The van der Waals surface area contributed by atoms with Crippen LogP contribution in [0.5, 0.6) is 5.75 Å². The number of anilines is 1. The Bertz CT molecular complexity index is 913. The van der Waals surface area contributed by atoms with Crippen molar-refractivity contribution in [3.05, 3.63) is 45.9 Å². The average molecular weight is 366 g/mol. The van der Waals surface area contributed by atoms with Gasteiger partial charge in [-0.15, -0.1) is 0 Å². The van der Waals surface area contributed by atoms with Crippen molar-refractivity contribution in [3.63, 3.8) is 0 Å². The molecule has 142 valence electrons. The second-order valence-electron chi connectivity index (χ2n) is 7.76. The number of nitrogens with one attached hydrogen (secondary N) is 1. The Labute approximate surface area is 159 Å². The summed E-state index contributed by atoms with van der Waals surface area (Å²) < 4.78 is 7.98. The standard InChI is InChI=1S/C22H26N2O3/c1-14-10-17(13-24(2)22(14)26)16-11-15-8-9-20(25)23-21(15)19(12-16)27-18-6-4-3-5-7-18/h10-13,18H,3-9H2,1-2H3,(H,23,25). The van der Waals surface area contributed by atoms with Crippen molar-refractivity contribution in [1.82, 2.24) is 4.57 Å². The minimum Gasteiger partial charge on any atom is -0.488 e. The van der Waals surface area contributed by atoms with Crippen LogP contribution in [-0.2, 0) is 18.3 Å². The number of aryl methyl sites for hydroxylation is 3. The zero-order valence-electron chi connectivity index (χ0n) is 16.0. The fraction of sp³-hybridized carbons (Fsp3) is 0.455. The summed E-state index contributed by atoms with van der Waals surface area (Å²) in [5, 5.41) is 3.01. The molecule has 1 aliphatic heterocycles. The van der Waals surface area contributed by atoms with Gasteiger partial charge in [-0.25, -0.2) is 0 Å². The lowest BCUT2D eigenvalue weighted by Gasteiger charge is -2.27. The lowest BCUT2D eigenvalue weighted by atomic mass is 9.95. The molecular weight excluding hydrogens is 340 g/mol. The van der Waals surface area contributed by atoms with Crippen LogP contribution in [0.1, 0.15) is 49.7 Å². The first-order valence-corrected chi connectivity index (χ1v) is 9.82. The van der Waals surface area contributed by atoms with Gasteiger partial charge in [0.25, 0.3) is 5.56 Å². The zero-order valence-corrected chi connectivity index (χ0v) is 16.0. The molecule has 1 saturated carbocycles. The number of nitrogens with zero attached hydrogens (tertiary/aromatic N) is 1. The van der Waals surface area contributed by atoms with E-state index in [1.807, 2.05) is 25.3 Å². The summed E-state index contributed by atoms with van der Waals surface area (Å²) in [6.07, 6.45) is 9.05. The highest BCUT2D eigenvalue weighted by molar-refractivity contribution is 5.96. The van der Waals surface area contributed by atoms with Crippen LogP contribution < -0.4 is 15.6 Å². The first-order valence-electron chi connectivity index (χ1n) is 9.82. The van der Waals surface area contributed by atoms with E-state index < -0.39 is 0 Å². The molecule has 1 N–H and O–H groups in total. The van der Waals surface area contributed by atoms with E-state index in [1.54, 1.807) is 11.6 Å². The van der Waals surface area contributed by atoms with Crippen molar-refractivity contribution in [1.29, 1.82) is 0 Å². The number of amides is 1. The zero-order chi connectivity index (χ0) is 19.0. The van der Waals surface area contributed by atoms with E-state index >= 15 is 0 Å². The Morgan fingerprint density at radius 3 is 2.56 bits per heavy atom. The highest BCUT2D eigenvalue weighted by Gasteiger charge is 2.23. The van der Waals surface area contributed by atoms with Gasteiger partial charge >= 0.3 is 0 Å². The van der Waals surface area contributed by atoms with Gasteiger partial charge in [-0.1, -0.05) is 6.42 Å². The summed E-state index contributed by atoms with van der Waals surface area (Å²) in [7, 11) is 1.77. The van der Waals surface area contributed by atoms with Gasteiger partial charge in [-0.05, 0) is 73.9 Å². The van der Waals surface area contributed by atoms with Crippen molar-refractivity contribution in [2.75, 3.05) is 5.32 Å². The fourth-order valence-electron chi connectivity index (χ4n) is 4.12. The average Bonchev–Trinajstić information content (AvgIpc) is 2.66. The van der Waals surface area contributed by atoms with E-state index in [4.69, 9.17) is 4.74 Å². The Kier molecular flexibility index (Phi) is 4.77. The highest BCUT2D eigenvalue weighted by atomic mass is 16.5. The van der Waals surface area contributed by atoms with Gasteiger partial charge in [0.05, 0.1) is 11.8 Å². The summed E-state index contributed by atoms with van der Waals surface area (Å²) in [5.41, 5.74) is 4.67. The highest BCUT2D eigenvalue weighted by Crippen LogP contribution is 2.39. The summed E-state index contributed by atoms with van der Waals surface area (Å²) in [4.78, 5) is 24.0. The Hall–Kier alpha value is -2.56. The Morgan fingerprint density at radius 2 is 1.81 bits per heavy atom. The summed E-state index contributed by atoms with van der Waals surface area (Å²) in [6.45, 7) is 1.84. The van der Waals surface area contributed by atoms with Crippen LogP contribution >= 0.6 is 0 Å². The fourth-order valence-corrected chi connectivity index (χ4v) is 4.12. The molecule has 27 heavy (non-hydrogen) atoms. The van der Waals surface area contributed by atoms with Gasteiger partial charge in [0, 0.05) is 25.2 Å². The number of pyridine rings is 1. The monoisotopic (exact) mass is 366 g/mol. The van der Waals surface area contributed by atoms with Crippen molar-refractivity contribution in [2.45, 2.75) is 58.0 Å². The van der Waals surface area contributed by atoms with Crippen molar-refractivity contribution in [2.24, 2.45) is 7.05 Å². The maximum absolute atomic E-state index is 12.0. The van der Waals surface area contributed by atoms with Crippen molar-refractivity contribution < 1.29 is 9.53 Å². The molecule has 0 radical (unpaired) electrons. The Balaban J connectivity index is 1.78. The summed E-state index contributed by atoms with van der Waals surface area (Å²) in [5.74, 6) is 0.802. The summed E-state index contributed by atoms with van der Waals surface area (Å²) in [6, 6.07) is 6.05. The SMILES string of the molecule is Cc1cc(-c2cc3c(c(OC4CCCCC4)c2)NC(=O)CC3)cn(C)c1=O. The number of benzene rings is 1. The van der Waals surface area contributed by atoms with Crippen LogP contribution in [0.3, 0.4) is 0 Å². The number of carbonyl (C=O) groups is 1.